The van der Waals surface area contributed by atoms with E-state index in [1.54, 1.807) is 0 Å². The summed E-state index contributed by atoms with van der Waals surface area (Å²) in [7, 11) is 0. The topological polar surface area (TPSA) is 27.1 Å². The molecule has 0 amide bonds. The predicted molar refractivity (Wildman–Crippen MR) is 46.2 cm³/mol. The first kappa shape index (κ1) is 7.80. The Balaban J connectivity index is 2.12. The van der Waals surface area contributed by atoms with Crippen LogP contribution in [0.1, 0.15) is 31.4 Å². The first-order valence-electron chi connectivity index (χ1n) is 4.39. The van der Waals surface area contributed by atoms with Gasteiger partial charge in [0.05, 0.1) is 25.5 Å². The van der Waals surface area contributed by atoms with Crippen LogP contribution in [0.2, 0.25) is 0 Å². The smallest absolute Gasteiger partial charge is 0.0985 e. The van der Waals surface area contributed by atoms with Crippen molar-refractivity contribution in [2.75, 3.05) is 13.2 Å². The standard InChI is InChI=1S/C9H14N2O/c1-7(2)8-3-10-11(4-8)9-5-12-6-9/h3-4,7,9H,5-6H2,1-2H3. The fraction of sp³-hybridized carbons (Fsp3) is 0.667. The minimum absolute atomic E-state index is 0.484. The summed E-state index contributed by atoms with van der Waals surface area (Å²) in [6, 6.07) is 0.484. The first-order chi connectivity index (χ1) is 5.77. The van der Waals surface area contributed by atoms with E-state index in [0.717, 1.165) is 13.2 Å². The Kier molecular flexibility index (Phi) is 1.89. The maximum absolute atomic E-state index is 5.10. The van der Waals surface area contributed by atoms with Crippen LogP contribution in [0.3, 0.4) is 0 Å². The van der Waals surface area contributed by atoms with Gasteiger partial charge in [-0.05, 0) is 11.5 Å². The van der Waals surface area contributed by atoms with Gasteiger partial charge in [-0.3, -0.25) is 4.68 Å². The lowest BCUT2D eigenvalue weighted by atomic mass is 10.1. The van der Waals surface area contributed by atoms with Gasteiger partial charge in [-0.2, -0.15) is 5.10 Å². The molecule has 1 aromatic rings. The zero-order valence-electron chi connectivity index (χ0n) is 7.53. The largest absolute Gasteiger partial charge is 0.377 e. The molecule has 2 heterocycles. The molecular weight excluding hydrogens is 152 g/mol. The SMILES string of the molecule is CC(C)c1cnn(C2COC2)c1. The molecule has 0 atom stereocenters. The third kappa shape index (κ3) is 1.25. The highest BCUT2D eigenvalue weighted by Gasteiger charge is 2.21. The van der Waals surface area contributed by atoms with Crippen molar-refractivity contribution in [3.8, 4) is 0 Å². The highest BCUT2D eigenvalue weighted by atomic mass is 16.5. The van der Waals surface area contributed by atoms with Crippen LogP contribution < -0.4 is 0 Å². The summed E-state index contributed by atoms with van der Waals surface area (Å²) >= 11 is 0. The molecule has 1 aromatic heterocycles. The van der Waals surface area contributed by atoms with Crippen LogP contribution in [0.25, 0.3) is 0 Å². The van der Waals surface area contributed by atoms with Crippen molar-refractivity contribution in [3.05, 3.63) is 18.0 Å². The average Bonchev–Trinajstić information content (AvgIpc) is 2.32. The van der Waals surface area contributed by atoms with Crippen molar-refractivity contribution in [3.63, 3.8) is 0 Å². The minimum Gasteiger partial charge on any atom is -0.377 e. The second-order valence-corrected chi connectivity index (χ2v) is 3.60. The van der Waals surface area contributed by atoms with Crippen LogP contribution in [-0.4, -0.2) is 23.0 Å². The Labute approximate surface area is 72.3 Å². The Hall–Kier alpha value is -0.830. The van der Waals surface area contributed by atoms with Gasteiger partial charge in [-0.1, -0.05) is 13.8 Å². The Morgan fingerprint density at radius 2 is 2.33 bits per heavy atom. The van der Waals surface area contributed by atoms with Gasteiger partial charge in [0.1, 0.15) is 0 Å². The van der Waals surface area contributed by atoms with Gasteiger partial charge in [-0.25, -0.2) is 0 Å². The maximum atomic E-state index is 5.10. The molecule has 1 aliphatic heterocycles. The molecule has 0 aromatic carbocycles. The molecule has 2 rings (SSSR count). The third-order valence-electron chi connectivity index (χ3n) is 2.28. The summed E-state index contributed by atoms with van der Waals surface area (Å²) in [4.78, 5) is 0. The van der Waals surface area contributed by atoms with Crippen molar-refractivity contribution in [2.45, 2.75) is 25.8 Å². The lowest BCUT2D eigenvalue weighted by molar-refractivity contribution is -0.0286. The number of hydrogen-bond donors (Lipinski definition) is 0. The zero-order chi connectivity index (χ0) is 8.55. The van der Waals surface area contributed by atoms with Crippen molar-refractivity contribution < 1.29 is 4.74 Å². The molecule has 0 aliphatic carbocycles. The van der Waals surface area contributed by atoms with Crippen LogP contribution in [-0.2, 0) is 4.74 Å². The molecule has 1 aliphatic rings. The molecule has 0 spiro atoms. The van der Waals surface area contributed by atoms with Gasteiger partial charge >= 0.3 is 0 Å². The molecule has 0 radical (unpaired) electrons. The monoisotopic (exact) mass is 166 g/mol. The van der Waals surface area contributed by atoms with Gasteiger partial charge < -0.3 is 4.74 Å². The molecule has 12 heavy (non-hydrogen) atoms. The van der Waals surface area contributed by atoms with E-state index >= 15 is 0 Å². The fourth-order valence-corrected chi connectivity index (χ4v) is 1.23. The molecule has 3 heteroatoms. The Morgan fingerprint density at radius 3 is 2.75 bits per heavy atom. The van der Waals surface area contributed by atoms with Crippen LogP contribution in [0.4, 0.5) is 0 Å². The second-order valence-electron chi connectivity index (χ2n) is 3.60. The average molecular weight is 166 g/mol. The third-order valence-corrected chi connectivity index (χ3v) is 2.28. The number of aromatic nitrogens is 2. The summed E-state index contributed by atoms with van der Waals surface area (Å²) < 4.78 is 7.11. The summed E-state index contributed by atoms with van der Waals surface area (Å²) in [5.74, 6) is 0.569. The summed E-state index contributed by atoms with van der Waals surface area (Å²) in [6.45, 7) is 6.00. The molecule has 0 saturated carbocycles. The summed E-state index contributed by atoms with van der Waals surface area (Å²) in [5, 5.41) is 4.30. The molecule has 1 fully saturated rings. The van der Waals surface area contributed by atoms with E-state index in [-0.39, 0.29) is 0 Å². The van der Waals surface area contributed by atoms with Gasteiger partial charge in [0, 0.05) is 6.20 Å². The molecule has 1 saturated heterocycles. The summed E-state index contributed by atoms with van der Waals surface area (Å²) in [5.41, 5.74) is 1.31. The number of ether oxygens (including phenoxy) is 1. The van der Waals surface area contributed by atoms with E-state index < -0.39 is 0 Å². The van der Waals surface area contributed by atoms with Crippen molar-refractivity contribution in [1.82, 2.24) is 9.78 Å². The van der Waals surface area contributed by atoms with Gasteiger partial charge in [0.15, 0.2) is 0 Å². The normalized spacial score (nSPS) is 18.2. The first-order valence-corrected chi connectivity index (χ1v) is 4.39. The minimum atomic E-state index is 0.484. The van der Waals surface area contributed by atoms with Gasteiger partial charge in [0.25, 0.3) is 0 Å². The van der Waals surface area contributed by atoms with E-state index in [0.29, 0.717) is 12.0 Å². The molecule has 3 nitrogen and oxygen atoms in total. The van der Waals surface area contributed by atoms with E-state index in [1.807, 2.05) is 10.9 Å². The number of nitrogens with zero attached hydrogens (tertiary/aromatic N) is 2. The van der Waals surface area contributed by atoms with E-state index in [2.05, 4.69) is 25.1 Å². The summed E-state index contributed by atoms with van der Waals surface area (Å²) in [6.07, 6.45) is 4.07. The number of rotatable bonds is 2. The predicted octanol–water partition coefficient (Wildman–Crippen LogP) is 1.58. The van der Waals surface area contributed by atoms with Crippen LogP contribution >= 0.6 is 0 Å². The second kappa shape index (κ2) is 2.90. The molecule has 0 N–H and O–H groups in total. The zero-order valence-corrected chi connectivity index (χ0v) is 7.53. The highest BCUT2D eigenvalue weighted by Crippen LogP contribution is 2.19. The highest BCUT2D eigenvalue weighted by molar-refractivity contribution is 5.09. The lowest BCUT2D eigenvalue weighted by Crippen LogP contribution is -2.30. The molecular formula is C9H14N2O. The van der Waals surface area contributed by atoms with Crippen molar-refractivity contribution in [1.29, 1.82) is 0 Å². The quantitative estimate of drug-likeness (QED) is 0.667. The maximum Gasteiger partial charge on any atom is 0.0985 e. The van der Waals surface area contributed by atoms with Crippen LogP contribution in [0.15, 0.2) is 12.4 Å². The number of hydrogen-bond acceptors (Lipinski definition) is 2. The van der Waals surface area contributed by atoms with Crippen molar-refractivity contribution >= 4 is 0 Å². The van der Waals surface area contributed by atoms with Crippen LogP contribution in [0.5, 0.6) is 0 Å². The Bertz CT molecular complexity index is 263. The van der Waals surface area contributed by atoms with Crippen LogP contribution in [0, 0.1) is 0 Å². The van der Waals surface area contributed by atoms with E-state index in [9.17, 15) is 0 Å². The molecule has 0 unspecified atom stereocenters. The van der Waals surface area contributed by atoms with Gasteiger partial charge in [-0.15, -0.1) is 0 Å². The van der Waals surface area contributed by atoms with Crippen molar-refractivity contribution in [2.24, 2.45) is 0 Å². The molecule has 0 bridgehead atoms. The molecule has 66 valence electrons. The fourth-order valence-electron chi connectivity index (χ4n) is 1.23. The van der Waals surface area contributed by atoms with Gasteiger partial charge in [0.2, 0.25) is 0 Å². The van der Waals surface area contributed by atoms with E-state index in [4.69, 9.17) is 4.74 Å². The Morgan fingerprint density at radius 1 is 1.58 bits per heavy atom. The lowest BCUT2D eigenvalue weighted by Gasteiger charge is -2.25. The van der Waals surface area contributed by atoms with E-state index in [1.165, 1.54) is 5.56 Å².